The van der Waals surface area contributed by atoms with Crippen LogP contribution >= 0.6 is 0 Å². The fourth-order valence-corrected chi connectivity index (χ4v) is 7.84. The van der Waals surface area contributed by atoms with Crippen LogP contribution in [0.3, 0.4) is 0 Å². The molecule has 5 aromatic carbocycles. The van der Waals surface area contributed by atoms with E-state index in [4.69, 9.17) is 14.7 Å². The van der Waals surface area contributed by atoms with Gasteiger partial charge in [-0.05, 0) is 60.9 Å². The monoisotopic (exact) mass is 551 g/mol. The molecule has 3 aromatic heterocycles. The maximum atomic E-state index is 6.33. The van der Waals surface area contributed by atoms with E-state index in [0.717, 1.165) is 57.6 Å². The SMILES string of the molecule is C1=Cc2c(c3cc4c5cccc6c5n(c4cc3n2-c2ccc3c(c2)oc2ccccc23)C2[N-]c3ccccc3N=C62)CC1. The minimum atomic E-state index is -0.172. The first-order valence-corrected chi connectivity index (χ1v) is 14.9. The maximum absolute atomic E-state index is 6.33. The van der Waals surface area contributed by atoms with E-state index in [0.29, 0.717) is 0 Å². The van der Waals surface area contributed by atoms with Crippen LogP contribution in [-0.2, 0) is 6.42 Å². The lowest BCUT2D eigenvalue weighted by molar-refractivity contribution is 0.668. The third-order valence-electron chi connectivity index (χ3n) is 9.66. The fraction of sp³-hybridized carbons (Fsp3) is 0.0789. The van der Waals surface area contributed by atoms with Crippen molar-refractivity contribution in [3.63, 3.8) is 0 Å². The summed E-state index contributed by atoms with van der Waals surface area (Å²) in [5.74, 6) is 0. The molecule has 0 N–H and O–H groups in total. The Morgan fingerprint density at radius 2 is 1.63 bits per heavy atom. The van der Waals surface area contributed by atoms with Gasteiger partial charge in [-0.3, -0.25) is 4.99 Å². The second kappa shape index (κ2) is 7.64. The summed E-state index contributed by atoms with van der Waals surface area (Å²) in [4.78, 5) is 5.13. The van der Waals surface area contributed by atoms with Crippen molar-refractivity contribution < 1.29 is 4.42 Å². The number of aromatic nitrogens is 2. The van der Waals surface area contributed by atoms with Crippen molar-refractivity contribution >= 4 is 77.8 Å². The van der Waals surface area contributed by atoms with Crippen LogP contribution in [0.2, 0.25) is 0 Å². The van der Waals surface area contributed by atoms with Gasteiger partial charge in [0.2, 0.25) is 0 Å². The molecule has 8 aromatic rings. The number of rotatable bonds is 1. The van der Waals surface area contributed by atoms with Gasteiger partial charge in [-0.2, -0.15) is 0 Å². The molecular formula is C38H23N4O-. The Morgan fingerprint density at radius 3 is 2.63 bits per heavy atom. The highest BCUT2D eigenvalue weighted by atomic mass is 16.3. The Labute approximate surface area is 246 Å². The van der Waals surface area contributed by atoms with Gasteiger partial charge in [-0.25, -0.2) is 0 Å². The average Bonchev–Trinajstić information content (AvgIpc) is 3.77. The van der Waals surface area contributed by atoms with Crippen molar-refractivity contribution in [2.24, 2.45) is 4.99 Å². The predicted molar refractivity (Wildman–Crippen MR) is 176 cm³/mol. The van der Waals surface area contributed by atoms with Gasteiger partial charge in [-0.15, -0.1) is 5.69 Å². The molecule has 5 heteroatoms. The van der Waals surface area contributed by atoms with E-state index in [2.05, 4.69) is 94.1 Å². The molecule has 0 spiro atoms. The van der Waals surface area contributed by atoms with E-state index < -0.39 is 0 Å². The van der Waals surface area contributed by atoms with Crippen molar-refractivity contribution in [3.05, 3.63) is 125 Å². The lowest BCUT2D eigenvalue weighted by atomic mass is 9.99. The topological polar surface area (TPSA) is 49.5 Å². The molecule has 1 atom stereocenters. The van der Waals surface area contributed by atoms with Gasteiger partial charge in [0.15, 0.2) is 0 Å². The van der Waals surface area contributed by atoms with Gasteiger partial charge < -0.3 is 18.9 Å². The number of aryl methyl sites for hydroxylation is 1. The molecule has 3 aliphatic rings. The molecule has 1 aliphatic carbocycles. The van der Waals surface area contributed by atoms with Crippen molar-refractivity contribution in [1.82, 2.24) is 9.13 Å². The highest BCUT2D eigenvalue weighted by Crippen LogP contribution is 2.51. The van der Waals surface area contributed by atoms with Gasteiger partial charge >= 0.3 is 0 Å². The molecular weight excluding hydrogens is 528 g/mol. The molecule has 0 saturated carbocycles. The second-order valence-corrected chi connectivity index (χ2v) is 11.9. The van der Waals surface area contributed by atoms with Crippen LogP contribution in [0.4, 0.5) is 11.4 Å². The summed E-state index contributed by atoms with van der Waals surface area (Å²) in [5.41, 5.74) is 13.4. The molecule has 5 heterocycles. The van der Waals surface area contributed by atoms with Gasteiger partial charge in [0.25, 0.3) is 0 Å². The zero-order chi connectivity index (χ0) is 27.8. The summed E-state index contributed by atoms with van der Waals surface area (Å²) in [6, 6.07) is 34.6. The van der Waals surface area contributed by atoms with E-state index in [1.165, 1.54) is 49.5 Å². The zero-order valence-electron chi connectivity index (χ0n) is 23.1. The number of furan rings is 1. The van der Waals surface area contributed by atoms with Crippen LogP contribution in [0.15, 0.2) is 113 Å². The Bertz CT molecular complexity index is 2610. The quantitative estimate of drug-likeness (QED) is 0.200. The number of hydrogen-bond acceptors (Lipinski definition) is 2. The second-order valence-electron chi connectivity index (χ2n) is 11.9. The van der Waals surface area contributed by atoms with Gasteiger partial charge in [-0.1, -0.05) is 60.7 Å². The first-order valence-electron chi connectivity index (χ1n) is 14.9. The molecule has 0 amide bonds. The molecule has 0 fully saturated rings. The minimum Gasteiger partial charge on any atom is -0.658 e. The summed E-state index contributed by atoms with van der Waals surface area (Å²) < 4.78 is 11.2. The molecule has 11 rings (SSSR count). The van der Waals surface area contributed by atoms with E-state index in [1.54, 1.807) is 0 Å². The number of fused-ring (bicyclic) bond motifs is 13. The van der Waals surface area contributed by atoms with Crippen LogP contribution < -0.4 is 0 Å². The first-order chi connectivity index (χ1) is 21.3. The summed E-state index contributed by atoms with van der Waals surface area (Å²) in [6.07, 6.45) is 6.51. The average molecular weight is 552 g/mol. The smallest absolute Gasteiger partial charge is 0.137 e. The standard InChI is InChI=1S/C38H23N4O/c1-5-14-31-22(8-1)27-19-28-25-10-7-11-26-36-38(40-30-13-4-3-12-29(30)39-36)42(37(25)26)33(28)20-32(27)41(31)21-16-17-24-23-9-2-6-15-34(23)43-35(24)18-21/h2-7,9-20,38H,1,8H2/q-1. The fourth-order valence-electron chi connectivity index (χ4n) is 7.84. The van der Waals surface area contributed by atoms with Crippen LogP contribution in [0.1, 0.15) is 29.4 Å². The van der Waals surface area contributed by atoms with E-state index >= 15 is 0 Å². The van der Waals surface area contributed by atoms with Crippen molar-refractivity contribution in [1.29, 1.82) is 0 Å². The lowest BCUT2D eigenvalue weighted by Crippen LogP contribution is -2.14. The zero-order valence-corrected chi connectivity index (χ0v) is 23.1. The maximum Gasteiger partial charge on any atom is 0.137 e. The van der Waals surface area contributed by atoms with Gasteiger partial charge in [0, 0.05) is 61.8 Å². The normalized spacial score (nSPS) is 16.7. The van der Waals surface area contributed by atoms with E-state index in [9.17, 15) is 0 Å². The van der Waals surface area contributed by atoms with Gasteiger partial charge in [0.05, 0.1) is 22.3 Å². The summed E-state index contributed by atoms with van der Waals surface area (Å²) in [5, 5.41) is 11.4. The Morgan fingerprint density at radius 1 is 0.744 bits per heavy atom. The Kier molecular flexibility index (Phi) is 3.92. The molecule has 2 aliphatic heterocycles. The highest BCUT2D eigenvalue weighted by molar-refractivity contribution is 6.26. The van der Waals surface area contributed by atoms with Crippen molar-refractivity contribution in [2.75, 3.05) is 0 Å². The molecule has 202 valence electrons. The third kappa shape index (κ3) is 2.71. The number of nitrogens with zero attached hydrogens (tertiary/aromatic N) is 4. The summed E-state index contributed by atoms with van der Waals surface area (Å²) >= 11 is 0. The number of allylic oxidation sites excluding steroid dienone is 1. The number of benzene rings is 5. The highest BCUT2D eigenvalue weighted by Gasteiger charge is 2.31. The number of hydrogen-bond donors (Lipinski definition) is 0. The van der Waals surface area contributed by atoms with Crippen LogP contribution in [0, 0.1) is 0 Å². The first kappa shape index (κ1) is 22.1. The molecule has 0 bridgehead atoms. The Balaban J connectivity index is 1.22. The van der Waals surface area contributed by atoms with Crippen molar-refractivity contribution in [3.8, 4) is 5.69 Å². The van der Waals surface area contributed by atoms with E-state index in [-0.39, 0.29) is 6.17 Å². The van der Waals surface area contributed by atoms with Crippen molar-refractivity contribution in [2.45, 2.75) is 19.0 Å². The molecule has 5 nitrogen and oxygen atoms in total. The molecule has 1 unspecified atom stereocenters. The van der Waals surface area contributed by atoms with E-state index in [1.807, 2.05) is 24.3 Å². The number of para-hydroxylation sites is 4. The molecule has 0 saturated heterocycles. The minimum absolute atomic E-state index is 0.172. The third-order valence-corrected chi connectivity index (χ3v) is 9.66. The Hall–Kier alpha value is -5.55. The molecule has 43 heavy (non-hydrogen) atoms. The van der Waals surface area contributed by atoms with Gasteiger partial charge in [0.1, 0.15) is 11.2 Å². The predicted octanol–water partition coefficient (Wildman–Crippen LogP) is 10.2. The summed E-state index contributed by atoms with van der Waals surface area (Å²) in [7, 11) is 0. The largest absolute Gasteiger partial charge is 0.658 e. The molecule has 0 radical (unpaired) electrons. The van der Waals surface area contributed by atoms with Crippen LogP contribution in [0.25, 0.3) is 71.7 Å². The lowest BCUT2D eigenvalue weighted by Gasteiger charge is -2.37. The number of aliphatic imine (C=N–C) groups is 1. The van der Waals surface area contributed by atoms with Crippen LogP contribution in [0.5, 0.6) is 0 Å². The summed E-state index contributed by atoms with van der Waals surface area (Å²) in [6.45, 7) is 0. The van der Waals surface area contributed by atoms with Crippen LogP contribution in [-0.4, -0.2) is 14.8 Å².